The lowest BCUT2D eigenvalue weighted by molar-refractivity contribution is -0.138. The number of carbonyl (C=O) groups is 2. The lowest BCUT2D eigenvalue weighted by atomic mass is 9.95. The average molecular weight is 358 g/mol. The molecule has 3 rings (SSSR count). The zero-order valence-corrected chi connectivity index (χ0v) is 14.9. The van der Waals surface area contributed by atoms with E-state index >= 15 is 0 Å². The molecule has 0 bridgehead atoms. The van der Waals surface area contributed by atoms with E-state index in [0.29, 0.717) is 37.2 Å². The number of fused-ring (bicyclic) bond motifs is 1. The van der Waals surface area contributed by atoms with Gasteiger partial charge in [0.25, 0.3) is 0 Å². The van der Waals surface area contributed by atoms with Gasteiger partial charge in [-0.3, -0.25) is 9.59 Å². The molecule has 7 nitrogen and oxygen atoms in total. The molecule has 26 heavy (non-hydrogen) atoms. The fourth-order valence-electron chi connectivity index (χ4n) is 3.25. The first-order chi connectivity index (χ1) is 12.5. The summed E-state index contributed by atoms with van der Waals surface area (Å²) in [6.07, 6.45) is 1.23. The highest BCUT2D eigenvalue weighted by molar-refractivity contribution is 5.95. The second-order valence-electron chi connectivity index (χ2n) is 6.54. The molecule has 2 aromatic rings. The molecule has 1 aromatic carbocycles. The van der Waals surface area contributed by atoms with E-state index in [1.54, 1.807) is 17.0 Å². The van der Waals surface area contributed by atoms with Gasteiger partial charge in [-0.05, 0) is 37.5 Å². The summed E-state index contributed by atoms with van der Waals surface area (Å²) in [7, 11) is 1.49. The minimum absolute atomic E-state index is 0.0497. The number of likely N-dealkylation sites (tertiary alicyclic amines) is 1. The van der Waals surface area contributed by atoms with Crippen LogP contribution >= 0.6 is 0 Å². The third kappa shape index (κ3) is 3.94. The normalized spacial score (nSPS) is 15.2. The zero-order chi connectivity index (χ0) is 18.7. The van der Waals surface area contributed by atoms with Gasteiger partial charge in [-0.2, -0.15) is 0 Å². The van der Waals surface area contributed by atoms with Gasteiger partial charge in [-0.25, -0.2) is 4.79 Å². The smallest absolute Gasteiger partial charge is 0.336 e. The highest BCUT2D eigenvalue weighted by Crippen LogP contribution is 2.23. The second-order valence-corrected chi connectivity index (χ2v) is 6.54. The Morgan fingerprint density at radius 2 is 2.00 bits per heavy atom. The van der Waals surface area contributed by atoms with Crippen molar-refractivity contribution in [3.8, 4) is 0 Å². The van der Waals surface area contributed by atoms with E-state index in [1.165, 1.54) is 13.2 Å². The molecule has 1 fully saturated rings. The minimum Gasteiger partial charge on any atom is -0.423 e. The van der Waals surface area contributed by atoms with Crippen molar-refractivity contribution in [2.45, 2.75) is 19.8 Å². The standard InChI is InChI=1S/C19H22N2O5/c1-12-9-18(23)26-16-10-14(3-4-15(12)16)20-19(24)13-5-7-21(8-6-13)17(22)11-25-2/h3-4,9-10,13H,5-8,11H2,1-2H3,(H,20,24). The number of carbonyl (C=O) groups excluding carboxylic acids is 2. The predicted octanol–water partition coefficient (Wildman–Crippen LogP) is 1.92. The van der Waals surface area contributed by atoms with E-state index in [4.69, 9.17) is 9.15 Å². The van der Waals surface area contributed by atoms with Crippen molar-refractivity contribution < 1.29 is 18.7 Å². The summed E-state index contributed by atoms with van der Waals surface area (Å²) in [5.41, 5.74) is 1.47. The van der Waals surface area contributed by atoms with Gasteiger partial charge in [0.1, 0.15) is 12.2 Å². The number of methoxy groups -OCH3 is 1. The Morgan fingerprint density at radius 3 is 2.69 bits per heavy atom. The number of rotatable bonds is 4. The SMILES string of the molecule is COCC(=O)N1CCC(C(=O)Nc2ccc3c(C)cc(=O)oc3c2)CC1. The number of aryl methyl sites for hydroxylation is 1. The maximum atomic E-state index is 12.5. The molecular weight excluding hydrogens is 336 g/mol. The van der Waals surface area contributed by atoms with Crippen LogP contribution in [0.15, 0.2) is 33.5 Å². The molecular formula is C19H22N2O5. The first-order valence-electron chi connectivity index (χ1n) is 8.60. The molecule has 1 saturated heterocycles. The van der Waals surface area contributed by atoms with Gasteiger partial charge in [-0.1, -0.05) is 0 Å². The summed E-state index contributed by atoms with van der Waals surface area (Å²) >= 11 is 0. The Bertz CT molecular complexity index is 881. The molecule has 0 radical (unpaired) electrons. The van der Waals surface area contributed by atoms with Crippen LogP contribution in [0.4, 0.5) is 5.69 Å². The van der Waals surface area contributed by atoms with Crippen LogP contribution in [-0.2, 0) is 14.3 Å². The van der Waals surface area contributed by atoms with E-state index in [2.05, 4.69) is 5.32 Å². The molecule has 1 N–H and O–H groups in total. The number of benzene rings is 1. The third-order valence-electron chi connectivity index (χ3n) is 4.71. The maximum Gasteiger partial charge on any atom is 0.336 e. The largest absolute Gasteiger partial charge is 0.423 e. The van der Waals surface area contributed by atoms with E-state index < -0.39 is 5.63 Å². The highest BCUT2D eigenvalue weighted by atomic mass is 16.5. The van der Waals surface area contributed by atoms with Gasteiger partial charge in [0.2, 0.25) is 11.8 Å². The molecule has 0 saturated carbocycles. The summed E-state index contributed by atoms with van der Waals surface area (Å²) in [5, 5.41) is 3.72. The Morgan fingerprint density at radius 1 is 1.27 bits per heavy atom. The van der Waals surface area contributed by atoms with E-state index in [1.807, 2.05) is 13.0 Å². The van der Waals surface area contributed by atoms with Crippen LogP contribution < -0.4 is 10.9 Å². The van der Waals surface area contributed by atoms with Gasteiger partial charge in [0.05, 0.1) is 0 Å². The fraction of sp³-hybridized carbons (Fsp3) is 0.421. The van der Waals surface area contributed by atoms with Gasteiger partial charge >= 0.3 is 5.63 Å². The summed E-state index contributed by atoms with van der Waals surface area (Å²) in [6, 6.07) is 6.73. The van der Waals surface area contributed by atoms with Crippen LogP contribution in [0.3, 0.4) is 0 Å². The molecule has 0 spiro atoms. The third-order valence-corrected chi connectivity index (χ3v) is 4.71. The number of ether oxygens (including phenoxy) is 1. The van der Waals surface area contributed by atoms with Gasteiger partial charge in [0.15, 0.2) is 0 Å². The molecule has 1 aliphatic rings. The summed E-state index contributed by atoms with van der Waals surface area (Å²) in [6.45, 7) is 3.01. The van der Waals surface area contributed by atoms with Gasteiger partial charge in [0, 0.05) is 49.3 Å². The number of anilines is 1. The first kappa shape index (κ1) is 18.1. The molecule has 2 amide bonds. The quantitative estimate of drug-likeness (QED) is 0.844. The summed E-state index contributed by atoms with van der Waals surface area (Å²) in [5.74, 6) is -0.286. The van der Waals surface area contributed by atoms with Crippen molar-refractivity contribution in [3.63, 3.8) is 0 Å². The molecule has 0 atom stereocenters. The number of amides is 2. The Kier molecular flexibility index (Phi) is 5.37. The molecule has 1 aromatic heterocycles. The molecule has 138 valence electrons. The predicted molar refractivity (Wildman–Crippen MR) is 97.0 cm³/mol. The molecule has 7 heteroatoms. The van der Waals surface area contributed by atoms with E-state index in [0.717, 1.165) is 10.9 Å². The van der Waals surface area contributed by atoms with Crippen LogP contribution in [-0.4, -0.2) is 43.5 Å². The first-order valence-corrected chi connectivity index (χ1v) is 8.60. The number of nitrogens with zero attached hydrogens (tertiary/aromatic N) is 1. The summed E-state index contributed by atoms with van der Waals surface area (Å²) in [4.78, 5) is 37.6. The lowest BCUT2D eigenvalue weighted by Crippen LogP contribution is -2.42. The van der Waals surface area contributed by atoms with Crippen LogP contribution in [0.25, 0.3) is 11.0 Å². The van der Waals surface area contributed by atoms with Crippen LogP contribution in [0.2, 0.25) is 0 Å². The summed E-state index contributed by atoms with van der Waals surface area (Å²) < 4.78 is 10.1. The van der Waals surface area contributed by atoms with Crippen molar-refractivity contribution in [3.05, 3.63) is 40.2 Å². The Balaban J connectivity index is 1.64. The second kappa shape index (κ2) is 7.70. The zero-order valence-electron chi connectivity index (χ0n) is 14.9. The molecule has 2 heterocycles. The maximum absolute atomic E-state index is 12.5. The van der Waals surface area contributed by atoms with E-state index in [-0.39, 0.29) is 24.3 Å². The number of hydrogen-bond donors (Lipinski definition) is 1. The number of piperidine rings is 1. The molecule has 0 aliphatic carbocycles. The van der Waals surface area contributed by atoms with Crippen LogP contribution in [0, 0.1) is 12.8 Å². The monoisotopic (exact) mass is 358 g/mol. The minimum atomic E-state index is -0.411. The molecule has 1 aliphatic heterocycles. The Labute approximate surface area is 150 Å². The van der Waals surface area contributed by atoms with Crippen molar-refractivity contribution in [1.82, 2.24) is 4.90 Å². The van der Waals surface area contributed by atoms with Gasteiger partial charge < -0.3 is 19.4 Å². The topological polar surface area (TPSA) is 88.9 Å². The van der Waals surface area contributed by atoms with Crippen molar-refractivity contribution >= 4 is 28.5 Å². The van der Waals surface area contributed by atoms with Crippen molar-refractivity contribution in [1.29, 1.82) is 0 Å². The van der Waals surface area contributed by atoms with Crippen LogP contribution in [0.1, 0.15) is 18.4 Å². The lowest BCUT2D eigenvalue weighted by Gasteiger charge is -2.31. The van der Waals surface area contributed by atoms with Gasteiger partial charge in [-0.15, -0.1) is 0 Å². The van der Waals surface area contributed by atoms with Crippen molar-refractivity contribution in [2.24, 2.45) is 5.92 Å². The molecule has 0 unspecified atom stereocenters. The highest BCUT2D eigenvalue weighted by Gasteiger charge is 2.27. The van der Waals surface area contributed by atoms with Crippen LogP contribution in [0.5, 0.6) is 0 Å². The van der Waals surface area contributed by atoms with E-state index in [9.17, 15) is 14.4 Å². The fourth-order valence-corrected chi connectivity index (χ4v) is 3.25. The Hall–Kier alpha value is -2.67. The average Bonchev–Trinajstić information content (AvgIpc) is 2.61. The number of hydrogen-bond acceptors (Lipinski definition) is 5. The number of nitrogens with one attached hydrogen (secondary N) is 1. The van der Waals surface area contributed by atoms with Crippen molar-refractivity contribution in [2.75, 3.05) is 32.1 Å².